The maximum absolute atomic E-state index is 13.1. The third-order valence-electron chi connectivity index (χ3n) is 5.92. The molecule has 9 heteroatoms. The summed E-state index contributed by atoms with van der Waals surface area (Å²) in [7, 11) is 0. The monoisotopic (exact) mass is 461 g/mol. The molecule has 0 aliphatic carbocycles. The van der Waals surface area contributed by atoms with Crippen LogP contribution in [0, 0.1) is 0 Å². The molecule has 2 aromatic carbocycles. The van der Waals surface area contributed by atoms with E-state index in [1.807, 2.05) is 18.2 Å². The third-order valence-corrected chi connectivity index (χ3v) is 6.36. The summed E-state index contributed by atoms with van der Waals surface area (Å²) >= 11 is 12.1. The largest absolute Gasteiger partial charge is 0.454 e. The van der Waals surface area contributed by atoms with E-state index in [0.29, 0.717) is 15.7 Å². The zero-order valence-electron chi connectivity index (χ0n) is 16.7. The summed E-state index contributed by atoms with van der Waals surface area (Å²) in [6.07, 6.45) is 0.172. The summed E-state index contributed by atoms with van der Waals surface area (Å²) in [6, 6.07) is 10.3. The fraction of sp³-hybridized carbons (Fsp3) is 0.364. The van der Waals surface area contributed by atoms with Crippen LogP contribution in [0.25, 0.3) is 0 Å². The van der Waals surface area contributed by atoms with Crippen LogP contribution >= 0.6 is 23.2 Å². The van der Waals surface area contributed by atoms with Crippen LogP contribution < -0.4 is 14.4 Å². The van der Waals surface area contributed by atoms with Gasteiger partial charge in [0.2, 0.25) is 12.7 Å². The third kappa shape index (κ3) is 4.11. The highest BCUT2D eigenvalue weighted by Gasteiger charge is 2.43. The van der Waals surface area contributed by atoms with E-state index in [1.165, 1.54) is 4.90 Å². The van der Waals surface area contributed by atoms with Crippen molar-refractivity contribution < 1.29 is 19.1 Å². The Hall–Kier alpha value is -2.32. The van der Waals surface area contributed by atoms with Gasteiger partial charge in [0.05, 0.1) is 18.2 Å². The normalized spacial score (nSPS) is 21.9. The van der Waals surface area contributed by atoms with E-state index in [0.717, 1.165) is 49.8 Å². The number of anilines is 1. The Morgan fingerprint density at radius 3 is 2.35 bits per heavy atom. The van der Waals surface area contributed by atoms with Crippen LogP contribution in [0.2, 0.25) is 10.0 Å². The molecule has 162 valence electrons. The molecule has 2 amide bonds. The Kier molecular flexibility index (Phi) is 5.52. The van der Waals surface area contributed by atoms with Crippen molar-refractivity contribution in [1.82, 2.24) is 9.80 Å². The average molecular weight is 462 g/mol. The van der Waals surface area contributed by atoms with E-state index in [1.54, 1.807) is 18.2 Å². The van der Waals surface area contributed by atoms with Gasteiger partial charge in [0.15, 0.2) is 11.5 Å². The van der Waals surface area contributed by atoms with Gasteiger partial charge in [-0.05, 0) is 35.9 Å². The molecule has 0 N–H and O–H groups in total. The lowest BCUT2D eigenvalue weighted by molar-refractivity contribution is -0.123. The minimum absolute atomic E-state index is 0.172. The van der Waals surface area contributed by atoms with Gasteiger partial charge in [0, 0.05) is 42.8 Å². The van der Waals surface area contributed by atoms with Crippen LogP contribution in [-0.2, 0) is 16.1 Å². The first-order valence-electron chi connectivity index (χ1n) is 10.2. The zero-order chi connectivity index (χ0) is 21.5. The van der Waals surface area contributed by atoms with E-state index in [-0.39, 0.29) is 25.0 Å². The van der Waals surface area contributed by atoms with Crippen LogP contribution in [0.15, 0.2) is 36.4 Å². The summed E-state index contributed by atoms with van der Waals surface area (Å²) in [5.41, 5.74) is 1.59. The van der Waals surface area contributed by atoms with Crippen molar-refractivity contribution in [3.8, 4) is 11.5 Å². The van der Waals surface area contributed by atoms with Gasteiger partial charge in [-0.2, -0.15) is 0 Å². The van der Waals surface area contributed by atoms with Gasteiger partial charge >= 0.3 is 0 Å². The van der Waals surface area contributed by atoms with Crippen LogP contribution in [0.1, 0.15) is 12.0 Å². The van der Waals surface area contributed by atoms with Crippen molar-refractivity contribution in [2.75, 3.05) is 37.9 Å². The quantitative estimate of drug-likeness (QED) is 0.651. The van der Waals surface area contributed by atoms with Crippen LogP contribution in [0.5, 0.6) is 11.5 Å². The lowest BCUT2D eigenvalue weighted by Gasteiger charge is -2.37. The predicted molar refractivity (Wildman–Crippen MR) is 117 cm³/mol. The second kappa shape index (κ2) is 8.31. The highest BCUT2D eigenvalue weighted by molar-refractivity contribution is 6.35. The fourth-order valence-corrected chi connectivity index (χ4v) is 4.89. The minimum atomic E-state index is -0.446. The number of benzene rings is 2. The summed E-state index contributed by atoms with van der Waals surface area (Å²) in [6.45, 7) is 4.14. The SMILES string of the molecule is O=C1CC(N2CCN(Cc3ccc4c(c3)OCO4)CC2)C(=O)N1c1cc(Cl)cc(Cl)c1. The maximum Gasteiger partial charge on any atom is 0.251 e. The van der Waals surface area contributed by atoms with E-state index in [2.05, 4.69) is 9.80 Å². The first-order chi connectivity index (χ1) is 15.0. The summed E-state index contributed by atoms with van der Waals surface area (Å²) in [4.78, 5) is 31.3. The van der Waals surface area contributed by atoms with E-state index in [9.17, 15) is 9.59 Å². The Bertz CT molecular complexity index is 1020. The molecule has 7 nitrogen and oxygen atoms in total. The number of hydrogen-bond acceptors (Lipinski definition) is 6. The number of hydrogen-bond donors (Lipinski definition) is 0. The van der Waals surface area contributed by atoms with Gasteiger partial charge in [-0.25, -0.2) is 4.90 Å². The molecule has 0 spiro atoms. The molecule has 2 saturated heterocycles. The summed E-state index contributed by atoms with van der Waals surface area (Å²) < 4.78 is 10.8. The van der Waals surface area contributed by atoms with Gasteiger partial charge in [-0.1, -0.05) is 29.3 Å². The molecule has 3 aliphatic heterocycles. The smallest absolute Gasteiger partial charge is 0.251 e. The van der Waals surface area contributed by atoms with Gasteiger partial charge < -0.3 is 9.47 Å². The van der Waals surface area contributed by atoms with Crippen LogP contribution in [0.3, 0.4) is 0 Å². The van der Waals surface area contributed by atoms with Crippen molar-refractivity contribution in [2.24, 2.45) is 0 Å². The molecule has 31 heavy (non-hydrogen) atoms. The van der Waals surface area contributed by atoms with Gasteiger partial charge in [-0.15, -0.1) is 0 Å². The molecule has 1 unspecified atom stereocenters. The number of imide groups is 1. The number of carbonyl (C=O) groups is 2. The Morgan fingerprint density at radius 2 is 1.61 bits per heavy atom. The van der Waals surface area contributed by atoms with Crippen molar-refractivity contribution in [3.05, 3.63) is 52.0 Å². The molecular formula is C22H21Cl2N3O4. The Balaban J connectivity index is 1.21. The molecule has 0 saturated carbocycles. The highest BCUT2D eigenvalue weighted by Crippen LogP contribution is 2.33. The molecule has 5 rings (SSSR count). The number of piperazine rings is 1. The first kappa shape index (κ1) is 20.6. The van der Waals surface area contributed by atoms with Crippen molar-refractivity contribution in [2.45, 2.75) is 19.0 Å². The van der Waals surface area contributed by atoms with E-state index < -0.39 is 6.04 Å². The fourth-order valence-electron chi connectivity index (χ4n) is 4.37. The molecule has 3 heterocycles. The highest BCUT2D eigenvalue weighted by atomic mass is 35.5. The van der Waals surface area contributed by atoms with Gasteiger partial charge in [-0.3, -0.25) is 19.4 Å². The van der Waals surface area contributed by atoms with Crippen molar-refractivity contribution in [1.29, 1.82) is 0 Å². The predicted octanol–water partition coefficient (Wildman–Crippen LogP) is 3.17. The molecule has 0 aromatic heterocycles. The summed E-state index contributed by atoms with van der Waals surface area (Å²) in [5, 5.41) is 0.785. The molecule has 2 aromatic rings. The van der Waals surface area contributed by atoms with Crippen LogP contribution in [0.4, 0.5) is 5.69 Å². The average Bonchev–Trinajstić information content (AvgIpc) is 3.31. The van der Waals surface area contributed by atoms with E-state index >= 15 is 0 Å². The zero-order valence-corrected chi connectivity index (χ0v) is 18.2. The molecular weight excluding hydrogens is 441 g/mol. The second-order valence-electron chi connectivity index (χ2n) is 7.91. The Morgan fingerprint density at radius 1 is 0.903 bits per heavy atom. The summed E-state index contributed by atoms with van der Waals surface area (Å²) in [5.74, 6) is 1.12. The number of nitrogens with zero attached hydrogens (tertiary/aromatic N) is 3. The number of fused-ring (bicyclic) bond motifs is 1. The number of carbonyl (C=O) groups excluding carboxylic acids is 2. The number of amides is 2. The lowest BCUT2D eigenvalue weighted by Crippen LogP contribution is -2.52. The number of rotatable bonds is 4. The first-order valence-corrected chi connectivity index (χ1v) is 10.9. The second-order valence-corrected chi connectivity index (χ2v) is 8.79. The standard InChI is InChI=1S/C22H21Cl2N3O4/c23-15-8-16(24)10-17(9-15)27-21(28)11-18(22(27)29)26-5-3-25(4-6-26)12-14-1-2-19-20(7-14)31-13-30-19/h1-2,7-10,18H,3-6,11-13H2. The van der Waals surface area contributed by atoms with Crippen molar-refractivity contribution in [3.63, 3.8) is 0 Å². The molecule has 0 bridgehead atoms. The van der Waals surface area contributed by atoms with Gasteiger partial charge in [0.25, 0.3) is 5.91 Å². The number of halogens is 2. The lowest BCUT2D eigenvalue weighted by atomic mass is 10.1. The van der Waals surface area contributed by atoms with Crippen LogP contribution in [-0.4, -0.2) is 60.6 Å². The number of ether oxygens (including phenoxy) is 2. The molecule has 2 fully saturated rings. The minimum Gasteiger partial charge on any atom is -0.454 e. The maximum atomic E-state index is 13.1. The molecule has 3 aliphatic rings. The van der Waals surface area contributed by atoms with Crippen molar-refractivity contribution >= 4 is 40.7 Å². The molecule has 0 radical (unpaired) electrons. The Labute approximate surface area is 190 Å². The van der Waals surface area contributed by atoms with E-state index in [4.69, 9.17) is 32.7 Å². The van der Waals surface area contributed by atoms with Gasteiger partial charge in [0.1, 0.15) is 0 Å². The molecule has 1 atom stereocenters. The topological polar surface area (TPSA) is 62.3 Å².